The molecule has 0 aliphatic carbocycles. The van der Waals surface area contributed by atoms with E-state index in [1.54, 1.807) is 12.3 Å². The summed E-state index contributed by atoms with van der Waals surface area (Å²) in [6, 6.07) is 18.7. The van der Waals surface area contributed by atoms with Crippen LogP contribution in [0.3, 0.4) is 0 Å². The van der Waals surface area contributed by atoms with Gasteiger partial charge in [-0.15, -0.1) is 0 Å². The Balaban J connectivity index is 1.10. The van der Waals surface area contributed by atoms with Gasteiger partial charge < -0.3 is 24.4 Å². The summed E-state index contributed by atoms with van der Waals surface area (Å²) in [5, 5.41) is 13.1. The van der Waals surface area contributed by atoms with Gasteiger partial charge in [-0.2, -0.15) is 5.26 Å². The molecule has 0 saturated carbocycles. The monoisotopic (exact) mass is 512 g/mol. The average molecular weight is 513 g/mol. The van der Waals surface area contributed by atoms with Crippen LogP contribution >= 0.6 is 0 Å². The number of nitrogens with one attached hydrogen (secondary N) is 1. The molecule has 38 heavy (non-hydrogen) atoms. The largest absolute Gasteiger partial charge is 0.489 e. The quantitative estimate of drug-likeness (QED) is 0.507. The number of anilines is 3. The Bertz CT molecular complexity index is 1280. The van der Waals surface area contributed by atoms with E-state index in [2.05, 4.69) is 50.4 Å². The minimum absolute atomic E-state index is 0.0731. The molecule has 2 aromatic carbocycles. The summed E-state index contributed by atoms with van der Waals surface area (Å²) in [6.45, 7) is 7.34. The summed E-state index contributed by atoms with van der Waals surface area (Å²) in [5.41, 5.74) is 3.44. The molecule has 3 aliphatic heterocycles. The summed E-state index contributed by atoms with van der Waals surface area (Å²) in [6.07, 6.45) is 3.46. The van der Waals surface area contributed by atoms with Gasteiger partial charge in [0.15, 0.2) is 5.82 Å². The summed E-state index contributed by atoms with van der Waals surface area (Å²) in [4.78, 5) is 14.1. The third-order valence-electron chi connectivity index (χ3n) is 7.43. The Morgan fingerprint density at radius 1 is 0.947 bits per heavy atom. The van der Waals surface area contributed by atoms with Crippen molar-refractivity contribution < 1.29 is 14.2 Å². The lowest BCUT2D eigenvalue weighted by molar-refractivity contribution is -0.0660. The maximum absolute atomic E-state index is 9.72. The van der Waals surface area contributed by atoms with Gasteiger partial charge in [-0.1, -0.05) is 0 Å². The Kier molecular flexibility index (Phi) is 7.36. The highest BCUT2D eigenvalue weighted by Gasteiger charge is 2.28. The van der Waals surface area contributed by atoms with Gasteiger partial charge in [0.25, 0.3) is 0 Å². The molecular formula is C29H32N6O3. The van der Waals surface area contributed by atoms with Gasteiger partial charge in [0, 0.05) is 62.2 Å². The minimum atomic E-state index is 0.0731. The molecule has 0 amide bonds. The van der Waals surface area contributed by atoms with Crippen molar-refractivity contribution in [3.05, 3.63) is 60.3 Å². The zero-order valence-electron chi connectivity index (χ0n) is 21.4. The second kappa shape index (κ2) is 11.4. The van der Waals surface area contributed by atoms with Crippen LogP contribution in [0.1, 0.15) is 18.4 Å². The van der Waals surface area contributed by atoms with Gasteiger partial charge in [0.2, 0.25) is 0 Å². The van der Waals surface area contributed by atoms with E-state index in [0.717, 1.165) is 63.5 Å². The summed E-state index contributed by atoms with van der Waals surface area (Å²) < 4.78 is 16.8. The van der Waals surface area contributed by atoms with E-state index in [1.165, 1.54) is 5.69 Å². The molecule has 0 unspecified atom stereocenters. The fraction of sp³-hybridized carbons (Fsp3) is 0.414. The number of ether oxygens (including phenoxy) is 3. The third-order valence-corrected chi connectivity index (χ3v) is 7.43. The van der Waals surface area contributed by atoms with Crippen molar-refractivity contribution in [3.63, 3.8) is 0 Å². The molecule has 3 aliphatic rings. The first-order chi connectivity index (χ1) is 18.7. The molecule has 0 atom stereocenters. The van der Waals surface area contributed by atoms with E-state index in [0.29, 0.717) is 42.2 Å². The third kappa shape index (κ3) is 5.58. The molecule has 196 valence electrons. The van der Waals surface area contributed by atoms with Crippen LogP contribution in [0.15, 0.2) is 54.7 Å². The smallest absolute Gasteiger partial charge is 0.161 e. The molecule has 0 spiro atoms. The molecule has 0 bridgehead atoms. The van der Waals surface area contributed by atoms with Crippen molar-refractivity contribution in [1.29, 1.82) is 5.26 Å². The number of nitriles is 1. The van der Waals surface area contributed by atoms with Crippen molar-refractivity contribution >= 4 is 17.2 Å². The van der Waals surface area contributed by atoms with Gasteiger partial charge in [0.1, 0.15) is 23.7 Å². The maximum atomic E-state index is 9.72. The van der Waals surface area contributed by atoms with Crippen molar-refractivity contribution in [2.45, 2.75) is 25.0 Å². The van der Waals surface area contributed by atoms with E-state index >= 15 is 0 Å². The highest BCUT2D eigenvalue weighted by molar-refractivity contribution is 5.65. The number of piperazine rings is 1. The lowest BCUT2D eigenvalue weighted by Gasteiger charge is -2.43. The lowest BCUT2D eigenvalue weighted by Crippen LogP contribution is -2.56. The first kappa shape index (κ1) is 24.6. The van der Waals surface area contributed by atoms with Crippen molar-refractivity contribution in [3.8, 4) is 23.2 Å². The van der Waals surface area contributed by atoms with Crippen LogP contribution in [0.5, 0.6) is 5.75 Å². The Morgan fingerprint density at radius 2 is 1.74 bits per heavy atom. The average Bonchev–Trinajstić information content (AvgIpc) is 2.94. The molecule has 3 fully saturated rings. The Morgan fingerprint density at radius 3 is 2.45 bits per heavy atom. The number of rotatable bonds is 7. The van der Waals surface area contributed by atoms with E-state index < -0.39 is 0 Å². The maximum Gasteiger partial charge on any atom is 0.161 e. The summed E-state index contributed by atoms with van der Waals surface area (Å²) in [5.74, 6) is 1.84. The normalized spacial score (nSPS) is 19.0. The van der Waals surface area contributed by atoms with E-state index in [9.17, 15) is 5.26 Å². The summed E-state index contributed by atoms with van der Waals surface area (Å²) in [7, 11) is 0. The first-order valence-electron chi connectivity index (χ1n) is 13.3. The number of nitrogens with zero attached hydrogens (tertiary/aromatic N) is 5. The predicted octanol–water partition coefficient (Wildman–Crippen LogP) is 3.84. The fourth-order valence-electron chi connectivity index (χ4n) is 5.08. The van der Waals surface area contributed by atoms with Gasteiger partial charge in [0.05, 0.1) is 38.0 Å². The second-order valence-corrected chi connectivity index (χ2v) is 9.90. The van der Waals surface area contributed by atoms with E-state index in [1.807, 2.05) is 18.2 Å². The first-order valence-corrected chi connectivity index (χ1v) is 13.3. The van der Waals surface area contributed by atoms with E-state index in [-0.39, 0.29) is 6.10 Å². The van der Waals surface area contributed by atoms with Crippen molar-refractivity contribution in [1.82, 2.24) is 14.9 Å². The molecule has 0 radical (unpaired) electrons. The Labute approximate surface area is 223 Å². The van der Waals surface area contributed by atoms with Crippen LogP contribution < -0.4 is 15.0 Å². The SMILES string of the molecule is N#Cc1cc(-c2nccc(Nc3ccc(N4CCN(C5COC5)CC4)cc3)n2)ccc1OC1CCOCC1. The molecule has 1 N–H and O–H groups in total. The van der Waals surface area contributed by atoms with Gasteiger partial charge in [-0.3, -0.25) is 4.90 Å². The molecule has 6 rings (SSSR count). The molecular weight excluding hydrogens is 480 g/mol. The number of aromatic nitrogens is 2. The van der Waals surface area contributed by atoms with Gasteiger partial charge in [-0.05, 0) is 48.5 Å². The molecule has 3 aromatic rings. The Hall–Kier alpha value is -3.71. The van der Waals surface area contributed by atoms with Crippen LogP contribution in [0.4, 0.5) is 17.2 Å². The topological polar surface area (TPSA) is 95.8 Å². The zero-order valence-corrected chi connectivity index (χ0v) is 21.4. The fourth-order valence-corrected chi connectivity index (χ4v) is 5.08. The molecule has 4 heterocycles. The van der Waals surface area contributed by atoms with Crippen molar-refractivity contribution in [2.75, 3.05) is 62.8 Å². The van der Waals surface area contributed by atoms with Crippen LogP contribution in [-0.2, 0) is 9.47 Å². The number of hydrogen-bond acceptors (Lipinski definition) is 9. The lowest BCUT2D eigenvalue weighted by atomic mass is 10.1. The van der Waals surface area contributed by atoms with E-state index in [4.69, 9.17) is 19.2 Å². The van der Waals surface area contributed by atoms with Crippen LogP contribution in [0, 0.1) is 11.3 Å². The summed E-state index contributed by atoms with van der Waals surface area (Å²) >= 11 is 0. The van der Waals surface area contributed by atoms with Gasteiger partial charge >= 0.3 is 0 Å². The standard InChI is InChI=1S/C29H32N6O3/c30-18-22-17-21(1-6-27(22)38-26-8-15-36-16-9-26)29-31-10-7-28(33-29)32-23-2-4-24(5-3-23)34-11-13-35(14-12-34)25-19-37-20-25/h1-7,10,17,25-26H,8-9,11-16,19-20H2,(H,31,32,33). The number of benzene rings is 2. The second-order valence-electron chi connectivity index (χ2n) is 9.90. The zero-order chi connectivity index (χ0) is 25.7. The highest BCUT2D eigenvalue weighted by atomic mass is 16.5. The molecule has 9 nitrogen and oxygen atoms in total. The van der Waals surface area contributed by atoms with Crippen LogP contribution in [-0.4, -0.2) is 79.6 Å². The van der Waals surface area contributed by atoms with Crippen LogP contribution in [0.2, 0.25) is 0 Å². The predicted molar refractivity (Wildman–Crippen MR) is 145 cm³/mol. The van der Waals surface area contributed by atoms with Crippen LogP contribution in [0.25, 0.3) is 11.4 Å². The minimum Gasteiger partial charge on any atom is -0.489 e. The van der Waals surface area contributed by atoms with Gasteiger partial charge in [-0.25, -0.2) is 9.97 Å². The number of hydrogen-bond donors (Lipinski definition) is 1. The molecule has 3 saturated heterocycles. The van der Waals surface area contributed by atoms with Crippen molar-refractivity contribution in [2.24, 2.45) is 0 Å². The molecule has 9 heteroatoms. The highest BCUT2D eigenvalue weighted by Crippen LogP contribution is 2.28. The molecule has 1 aromatic heterocycles.